The summed E-state index contributed by atoms with van der Waals surface area (Å²) in [5.74, 6) is 2.22. The molecule has 0 amide bonds. The maximum Gasteiger partial charge on any atom is 0.231 e. The first kappa shape index (κ1) is 26.7. The second kappa shape index (κ2) is 11.6. The number of hydrogen-bond acceptors (Lipinski definition) is 6. The standard InChI is InChI=1S/C33H31ClFN5O2/c34-28-17-37-33(39-26-8-6-25(7-9-26)36-16-21-4-11-31-32(13-21)42-20-41-31)15-27(28)23-5-10-29-30(14-23)40(19-38-29)18-22-2-1-3-24(35)12-22/h1-5,10-15,17,19,25-26,36H,6-9,16,18,20H2,(H,37,39)/t25-,26-. The van der Waals surface area contributed by atoms with Crippen molar-refractivity contribution in [3.63, 3.8) is 0 Å². The lowest BCUT2D eigenvalue weighted by atomic mass is 9.91. The summed E-state index contributed by atoms with van der Waals surface area (Å²) in [7, 11) is 0. The van der Waals surface area contributed by atoms with Crippen LogP contribution in [-0.4, -0.2) is 33.4 Å². The molecule has 2 aliphatic rings. The topological polar surface area (TPSA) is 73.2 Å². The van der Waals surface area contributed by atoms with Gasteiger partial charge >= 0.3 is 0 Å². The highest BCUT2D eigenvalue weighted by Gasteiger charge is 2.22. The van der Waals surface area contributed by atoms with Gasteiger partial charge in [0.15, 0.2) is 11.5 Å². The summed E-state index contributed by atoms with van der Waals surface area (Å²) < 4.78 is 26.7. The third-order valence-electron chi connectivity index (χ3n) is 8.14. The molecule has 9 heteroatoms. The Kier molecular flexibility index (Phi) is 7.40. The zero-order valence-electron chi connectivity index (χ0n) is 23.0. The van der Waals surface area contributed by atoms with Crippen molar-refractivity contribution in [1.82, 2.24) is 19.9 Å². The van der Waals surface area contributed by atoms with Gasteiger partial charge < -0.3 is 24.7 Å². The summed E-state index contributed by atoms with van der Waals surface area (Å²) in [6, 6.07) is 21.7. The molecule has 1 aliphatic carbocycles. The zero-order chi connectivity index (χ0) is 28.5. The molecule has 7 nitrogen and oxygen atoms in total. The summed E-state index contributed by atoms with van der Waals surface area (Å²) in [6.45, 7) is 1.64. The number of fused-ring (bicyclic) bond motifs is 2. The Bertz CT molecular complexity index is 1730. The Labute approximate surface area is 248 Å². The highest BCUT2D eigenvalue weighted by atomic mass is 35.5. The van der Waals surface area contributed by atoms with E-state index >= 15 is 0 Å². The van der Waals surface area contributed by atoms with E-state index in [2.05, 4.69) is 38.8 Å². The van der Waals surface area contributed by atoms with Gasteiger partial charge in [0.1, 0.15) is 11.6 Å². The van der Waals surface area contributed by atoms with Crippen molar-refractivity contribution in [3.8, 4) is 22.6 Å². The second-order valence-electron chi connectivity index (χ2n) is 11.0. The van der Waals surface area contributed by atoms with Gasteiger partial charge in [0.25, 0.3) is 0 Å². The first-order valence-corrected chi connectivity index (χ1v) is 14.7. The lowest BCUT2D eigenvalue weighted by Gasteiger charge is -2.30. The smallest absolute Gasteiger partial charge is 0.231 e. The van der Waals surface area contributed by atoms with Gasteiger partial charge in [0, 0.05) is 36.9 Å². The van der Waals surface area contributed by atoms with Crippen molar-refractivity contribution < 1.29 is 13.9 Å². The van der Waals surface area contributed by atoms with Crippen molar-refractivity contribution in [1.29, 1.82) is 0 Å². The molecular formula is C33H31ClFN5O2. The van der Waals surface area contributed by atoms with Crippen LogP contribution in [0.5, 0.6) is 11.5 Å². The first-order valence-electron chi connectivity index (χ1n) is 14.3. The molecule has 0 radical (unpaired) electrons. The molecule has 7 rings (SSSR count). The van der Waals surface area contributed by atoms with Crippen molar-refractivity contribution in [2.24, 2.45) is 0 Å². The molecule has 0 unspecified atom stereocenters. The van der Waals surface area contributed by atoms with Gasteiger partial charge in [0.2, 0.25) is 6.79 Å². The van der Waals surface area contributed by atoms with Crippen molar-refractivity contribution in [3.05, 3.63) is 101 Å². The zero-order valence-corrected chi connectivity index (χ0v) is 23.8. The van der Waals surface area contributed by atoms with Crippen LogP contribution in [0.3, 0.4) is 0 Å². The number of anilines is 1. The largest absolute Gasteiger partial charge is 0.454 e. The second-order valence-corrected chi connectivity index (χ2v) is 11.4. The molecule has 0 atom stereocenters. The summed E-state index contributed by atoms with van der Waals surface area (Å²) in [6.07, 6.45) is 7.81. The number of imidazole rings is 1. The average molecular weight is 584 g/mol. The molecule has 3 aromatic carbocycles. The van der Waals surface area contributed by atoms with E-state index in [0.717, 1.165) is 77.3 Å². The van der Waals surface area contributed by atoms with E-state index < -0.39 is 0 Å². The number of ether oxygens (including phenoxy) is 2. The van der Waals surface area contributed by atoms with E-state index in [-0.39, 0.29) is 5.82 Å². The van der Waals surface area contributed by atoms with Crippen molar-refractivity contribution >= 4 is 28.5 Å². The minimum absolute atomic E-state index is 0.243. The molecule has 1 saturated carbocycles. The number of benzene rings is 3. The number of nitrogens with zero attached hydrogens (tertiary/aromatic N) is 3. The van der Waals surface area contributed by atoms with Crippen LogP contribution < -0.4 is 20.1 Å². The maximum atomic E-state index is 13.7. The Morgan fingerprint density at radius 3 is 2.62 bits per heavy atom. The molecule has 42 heavy (non-hydrogen) atoms. The van der Waals surface area contributed by atoms with E-state index in [1.807, 2.05) is 34.9 Å². The van der Waals surface area contributed by atoms with Crippen LogP contribution in [0, 0.1) is 5.82 Å². The van der Waals surface area contributed by atoms with Gasteiger partial charge in [-0.1, -0.05) is 35.9 Å². The van der Waals surface area contributed by atoms with Gasteiger partial charge in [-0.05, 0) is 84.8 Å². The third-order valence-corrected chi connectivity index (χ3v) is 8.44. The van der Waals surface area contributed by atoms with E-state index in [9.17, 15) is 4.39 Å². The third kappa shape index (κ3) is 5.78. The molecule has 0 spiro atoms. The lowest BCUT2D eigenvalue weighted by Crippen LogP contribution is -2.36. The Morgan fingerprint density at radius 1 is 0.881 bits per heavy atom. The molecule has 2 aromatic heterocycles. The highest BCUT2D eigenvalue weighted by Crippen LogP contribution is 2.34. The Morgan fingerprint density at radius 2 is 1.74 bits per heavy atom. The fourth-order valence-electron chi connectivity index (χ4n) is 5.89. The average Bonchev–Trinajstić information content (AvgIpc) is 3.64. The minimum Gasteiger partial charge on any atom is -0.454 e. The highest BCUT2D eigenvalue weighted by molar-refractivity contribution is 6.33. The number of rotatable bonds is 8. The van der Waals surface area contributed by atoms with Crippen LogP contribution in [0.15, 0.2) is 79.3 Å². The van der Waals surface area contributed by atoms with Crippen LogP contribution in [0.2, 0.25) is 5.02 Å². The molecule has 214 valence electrons. The quantitative estimate of drug-likeness (QED) is 0.202. The number of hydrogen-bond donors (Lipinski definition) is 2. The van der Waals surface area contributed by atoms with Gasteiger partial charge in [-0.3, -0.25) is 0 Å². The van der Waals surface area contributed by atoms with Gasteiger partial charge in [-0.2, -0.15) is 0 Å². The molecule has 0 saturated heterocycles. The van der Waals surface area contributed by atoms with E-state index in [4.69, 9.17) is 21.1 Å². The fourth-order valence-corrected chi connectivity index (χ4v) is 6.10. The maximum absolute atomic E-state index is 13.7. The summed E-state index contributed by atoms with van der Waals surface area (Å²) in [5.41, 5.74) is 5.82. The Balaban J connectivity index is 0.996. The monoisotopic (exact) mass is 583 g/mol. The molecular weight excluding hydrogens is 553 g/mol. The molecule has 1 fully saturated rings. The molecule has 1 aliphatic heterocycles. The number of nitrogens with one attached hydrogen (secondary N) is 2. The SMILES string of the molecule is Fc1cccc(Cn2cnc3ccc(-c4cc(N[C@H]5CC[C@H](NCc6ccc7c(c6)OCO7)CC5)ncc4Cl)cc32)c1. The fraction of sp³-hybridized carbons (Fsp3) is 0.273. The van der Waals surface area contributed by atoms with Gasteiger partial charge in [0.05, 0.1) is 22.4 Å². The van der Waals surface area contributed by atoms with Gasteiger partial charge in [-0.15, -0.1) is 0 Å². The number of aromatic nitrogens is 3. The Hall–Kier alpha value is -4.14. The van der Waals surface area contributed by atoms with Crippen LogP contribution in [-0.2, 0) is 13.1 Å². The van der Waals surface area contributed by atoms with Gasteiger partial charge in [-0.25, -0.2) is 14.4 Å². The van der Waals surface area contributed by atoms with Crippen LogP contribution >= 0.6 is 11.6 Å². The van der Waals surface area contributed by atoms with Crippen molar-refractivity contribution in [2.45, 2.75) is 50.9 Å². The van der Waals surface area contributed by atoms with Crippen molar-refractivity contribution in [2.75, 3.05) is 12.1 Å². The number of pyridine rings is 1. The van der Waals surface area contributed by atoms with Crippen LogP contribution in [0.4, 0.5) is 10.2 Å². The summed E-state index contributed by atoms with van der Waals surface area (Å²) in [5, 5.41) is 7.94. The summed E-state index contributed by atoms with van der Waals surface area (Å²) in [4.78, 5) is 9.12. The van der Waals surface area contributed by atoms with E-state index in [1.54, 1.807) is 24.7 Å². The first-order chi connectivity index (χ1) is 20.6. The number of halogens is 2. The molecule has 2 N–H and O–H groups in total. The van der Waals surface area contributed by atoms with E-state index in [0.29, 0.717) is 30.4 Å². The van der Waals surface area contributed by atoms with Crippen LogP contribution in [0.1, 0.15) is 36.8 Å². The van der Waals surface area contributed by atoms with Crippen LogP contribution in [0.25, 0.3) is 22.2 Å². The molecule has 0 bridgehead atoms. The lowest BCUT2D eigenvalue weighted by molar-refractivity contribution is 0.174. The molecule has 5 aromatic rings. The molecule has 3 heterocycles. The normalized spacial score (nSPS) is 18.0. The summed E-state index contributed by atoms with van der Waals surface area (Å²) >= 11 is 6.64. The minimum atomic E-state index is -0.243. The van der Waals surface area contributed by atoms with E-state index in [1.165, 1.54) is 11.6 Å². The predicted molar refractivity (Wildman–Crippen MR) is 163 cm³/mol. The predicted octanol–water partition coefficient (Wildman–Crippen LogP) is 7.18.